The van der Waals surface area contributed by atoms with Gasteiger partial charge in [-0.2, -0.15) is 0 Å². The van der Waals surface area contributed by atoms with E-state index in [2.05, 4.69) is 10.6 Å². The number of halogens is 1. The molecule has 1 aliphatic heterocycles. The van der Waals surface area contributed by atoms with Gasteiger partial charge in [0.05, 0.1) is 12.3 Å². The second-order valence-electron chi connectivity index (χ2n) is 7.39. The fourth-order valence-corrected chi connectivity index (χ4v) is 3.83. The van der Waals surface area contributed by atoms with Gasteiger partial charge in [0.1, 0.15) is 11.6 Å². The lowest BCUT2D eigenvalue weighted by Gasteiger charge is -2.21. The molecule has 2 aromatic rings. The smallest absolute Gasteiger partial charge is 0.255 e. The van der Waals surface area contributed by atoms with Crippen molar-refractivity contribution in [2.75, 3.05) is 17.2 Å². The number of nitrogens with one attached hydrogen (secondary N) is 2. The Balaban J connectivity index is 1.45. The number of benzene rings is 2. The molecule has 146 valence electrons. The summed E-state index contributed by atoms with van der Waals surface area (Å²) < 4.78 is 19.6. The minimum absolute atomic E-state index is 0.0694. The van der Waals surface area contributed by atoms with Crippen LogP contribution in [0.5, 0.6) is 5.75 Å². The number of carbonyl (C=O) groups excluding carboxylic acids is 2. The molecular formula is C22H23FN2O3. The Kier molecular flexibility index (Phi) is 5.28. The summed E-state index contributed by atoms with van der Waals surface area (Å²) in [5.74, 6) is -0.213. The number of rotatable bonds is 4. The van der Waals surface area contributed by atoms with Crippen molar-refractivity contribution in [1.82, 2.24) is 0 Å². The topological polar surface area (TPSA) is 67.4 Å². The van der Waals surface area contributed by atoms with Gasteiger partial charge in [0.2, 0.25) is 5.91 Å². The third-order valence-corrected chi connectivity index (χ3v) is 5.41. The molecule has 0 bridgehead atoms. The Hall–Kier alpha value is -2.89. The molecule has 2 aromatic carbocycles. The van der Waals surface area contributed by atoms with E-state index >= 15 is 0 Å². The van der Waals surface area contributed by atoms with Crippen LogP contribution in [0.2, 0.25) is 0 Å². The molecule has 4 rings (SSSR count). The zero-order valence-electron chi connectivity index (χ0n) is 15.6. The molecule has 1 saturated carbocycles. The van der Waals surface area contributed by atoms with Crippen molar-refractivity contribution < 1.29 is 18.7 Å². The van der Waals surface area contributed by atoms with E-state index in [4.69, 9.17) is 4.74 Å². The summed E-state index contributed by atoms with van der Waals surface area (Å²) in [5.41, 5.74) is 2.05. The summed E-state index contributed by atoms with van der Waals surface area (Å²) in [6, 6.07) is 9.51. The van der Waals surface area contributed by atoms with Crippen LogP contribution in [0.4, 0.5) is 15.8 Å². The molecule has 28 heavy (non-hydrogen) atoms. The highest BCUT2D eigenvalue weighted by Gasteiger charge is 2.22. The third kappa shape index (κ3) is 4.01. The summed E-state index contributed by atoms with van der Waals surface area (Å²) in [6.07, 6.45) is 5.67. The fraction of sp³-hybridized carbons (Fsp3) is 0.364. The second-order valence-corrected chi connectivity index (χ2v) is 7.39. The van der Waals surface area contributed by atoms with Gasteiger partial charge < -0.3 is 15.4 Å². The standard InChI is InChI=1S/C22H23FN2O3/c23-18-8-7-17(13-19(18)25-21(26)14-4-2-1-3-5-14)24-22(27)16-6-9-20-15(12-16)10-11-28-20/h6-9,12-14H,1-5,10-11H2,(H,24,27)(H,25,26). The second kappa shape index (κ2) is 8.00. The fourth-order valence-electron chi connectivity index (χ4n) is 3.83. The predicted molar refractivity (Wildman–Crippen MR) is 105 cm³/mol. The first-order chi connectivity index (χ1) is 13.6. The molecular weight excluding hydrogens is 359 g/mol. The van der Waals surface area contributed by atoms with E-state index in [1.807, 2.05) is 6.07 Å². The van der Waals surface area contributed by atoms with Crippen LogP contribution in [0.15, 0.2) is 36.4 Å². The number of ether oxygens (including phenoxy) is 1. The molecule has 0 radical (unpaired) electrons. The minimum Gasteiger partial charge on any atom is -0.493 e. The van der Waals surface area contributed by atoms with Gasteiger partial charge in [-0.05, 0) is 54.8 Å². The molecule has 1 fully saturated rings. The van der Waals surface area contributed by atoms with Crippen molar-refractivity contribution in [3.63, 3.8) is 0 Å². The summed E-state index contributed by atoms with van der Waals surface area (Å²) in [5, 5.41) is 5.46. The average Bonchev–Trinajstić information content (AvgIpc) is 3.19. The van der Waals surface area contributed by atoms with Gasteiger partial charge >= 0.3 is 0 Å². The Morgan fingerprint density at radius 2 is 1.82 bits per heavy atom. The largest absolute Gasteiger partial charge is 0.493 e. The first-order valence-corrected chi connectivity index (χ1v) is 9.77. The van der Waals surface area contributed by atoms with Crippen LogP contribution in [0.25, 0.3) is 0 Å². The minimum atomic E-state index is -0.517. The van der Waals surface area contributed by atoms with Crippen LogP contribution in [-0.2, 0) is 11.2 Å². The Morgan fingerprint density at radius 1 is 1.00 bits per heavy atom. The zero-order chi connectivity index (χ0) is 19.5. The molecule has 1 aliphatic carbocycles. The molecule has 0 spiro atoms. The summed E-state index contributed by atoms with van der Waals surface area (Å²) in [6.45, 7) is 0.627. The molecule has 6 heteroatoms. The number of fused-ring (bicyclic) bond motifs is 1. The normalized spacial score (nSPS) is 16.2. The van der Waals surface area contributed by atoms with Gasteiger partial charge in [-0.25, -0.2) is 4.39 Å². The monoisotopic (exact) mass is 382 g/mol. The molecule has 5 nitrogen and oxygen atoms in total. The van der Waals surface area contributed by atoms with Crippen molar-refractivity contribution in [3.05, 3.63) is 53.3 Å². The predicted octanol–water partition coefficient (Wildman–Crippen LogP) is 4.53. The number of hydrogen-bond acceptors (Lipinski definition) is 3. The van der Waals surface area contributed by atoms with Crippen molar-refractivity contribution in [1.29, 1.82) is 0 Å². The summed E-state index contributed by atoms with van der Waals surface area (Å²) >= 11 is 0. The van der Waals surface area contributed by atoms with Crippen molar-refractivity contribution in [2.45, 2.75) is 38.5 Å². The van der Waals surface area contributed by atoms with Crippen LogP contribution in [0.3, 0.4) is 0 Å². The lowest BCUT2D eigenvalue weighted by atomic mass is 9.88. The molecule has 1 heterocycles. The highest BCUT2D eigenvalue weighted by Crippen LogP contribution is 2.28. The van der Waals surface area contributed by atoms with E-state index in [9.17, 15) is 14.0 Å². The van der Waals surface area contributed by atoms with Crippen LogP contribution in [0.1, 0.15) is 48.0 Å². The third-order valence-electron chi connectivity index (χ3n) is 5.41. The first-order valence-electron chi connectivity index (χ1n) is 9.77. The maximum atomic E-state index is 14.2. The number of anilines is 2. The van der Waals surface area contributed by atoms with E-state index in [1.54, 1.807) is 12.1 Å². The van der Waals surface area contributed by atoms with Crippen molar-refractivity contribution in [2.24, 2.45) is 5.92 Å². The maximum Gasteiger partial charge on any atom is 0.255 e. The van der Waals surface area contributed by atoms with Crippen LogP contribution >= 0.6 is 0 Å². The van der Waals surface area contributed by atoms with Gasteiger partial charge in [-0.3, -0.25) is 9.59 Å². The van der Waals surface area contributed by atoms with Crippen LogP contribution in [-0.4, -0.2) is 18.4 Å². The van der Waals surface area contributed by atoms with Gasteiger partial charge in [0, 0.05) is 23.6 Å². The average molecular weight is 382 g/mol. The number of carbonyl (C=O) groups is 2. The molecule has 0 aromatic heterocycles. The van der Waals surface area contributed by atoms with E-state index in [1.165, 1.54) is 18.2 Å². The van der Waals surface area contributed by atoms with Gasteiger partial charge in [0.25, 0.3) is 5.91 Å². The molecule has 2 N–H and O–H groups in total. The van der Waals surface area contributed by atoms with E-state index in [0.717, 1.165) is 49.8 Å². The van der Waals surface area contributed by atoms with E-state index in [-0.39, 0.29) is 23.4 Å². The van der Waals surface area contributed by atoms with Crippen LogP contribution < -0.4 is 15.4 Å². The van der Waals surface area contributed by atoms with Gasteiger partial charge in [-0.15, -0.1) is 0 Å². The maximum absolute atomic E-state index is 14.2. The Bertz CT molecular complexity index is 907. The Labute approximate surface area is 163 Å². The molecule has 0 atom stereocenters. The SMILES string of the molecule is O=C(Nc1ccc(F)c(NC(=O)C2CCCCC2)c1)c1ccc2c(c1)CCO2. The molecule has 2 aliphatic rings. The van der Waals surface area contributed by atoms with Crippen LogP contribution in [0, 0.1) is 11.7 Å². The van der Waals surface area contributed by atoms with E-state index < -0.39 is 5.82 Å². The number of hydrogen-bond donors (Lipinski definition) is 2. The summed E-state index contributed by atoms with van der Waals surface area (Å²) in [4.78, 5) is 25.0. The quantitative estimate of drug-likeness (QED) is 0.816. The van der Waals surface area contributed by atoms with Crippen molar-refractivity contribution >= 4 is 23.2 Å². The van der Waals surface area contributed by atoms with Crippen molar-refractivity contribution in [3.8, 4) is 5.75 Å². The zero-order valence-corrected chi connectivity index (χ0v) is 15.6. The molecule has 2 amide bonds. The summed E-state index contributed by atoms with van der Waals surface area (Å²) in [7, 11) is 0. The highest BCUT2D eigenvalue weighted by molar-refractivity contribution is 6.05. The van der Waals surface area contributed by atoms with Gasteiger partial charge in [0.15, 0.2) is 0 Å². The number of amides is 2. The Morgan fingerprint density at radius 3 is 2.64 bits per heavy atom. The molecule has 0 unspecified atom stereocenters. The lowest BCUT2D eigenvalue weighted by molar-refractivity contribution is -0.120. The van der Waals surface area contributed by atoms with Gasteiger partial charge in [-0.1, -0.05) is 19.3 Å². The lowest BCUT2D eigenvalue weighted by Crippen LogP contribution is -2.25. The molecule has 0 saturated heterocycles. The first kappa shape index (κ1) is 18.5. The van der Waals surface area contributed by atoms with E-state index in [0.29, 0.717) is 17.9 Å². The highest BCUT2D eigenvalue weighted by atomic mass is 19.1.